The van der Waals surface area contributed by atoms with Crippen molar-refractivity contribution in [3.05, 3.63) is 167 Å². The van der Waals surface area contributed by atoms with Crippen LogP contribution in [0, 0.1) is 52.3 Å². The molecule has 7 unspecified atom stereocenters. The fourth-order valence-corrected chi connectivity index (χ4v) is 13.9. The molecule has 0 spiro atoms. The van der Waals surface area contributed by atoms with Crippen LogP contribution in [0.25, 0.3) is 0 Å². The Hall–Kier alpha value is -4.37. The number of carbonyl (C=O) groups is 1. The minimum Gasteiger partial charge on any atom is -0.450 e. The summed E-state index contributed by atoms with van der Waals surface area (Å²) in [6.45, 7) is 16.0. The van der Waals surface area contributed by atoms with E-state index in [1.54, 1.807) is 12.1 Å². The lowest BCUT2D eigenvalue weighted by Crippen LogP contribution is -2.62. The lowest BCUT2D eigenvalue weighted by molar-refractivity contribution is -0.327. The van der Waals surface area contributed by atoms with E-state index in [4.69, 9.17) is 28.4 Å². The molecule has 4 aromatic carbocycles. The zero-order valence-corrected chi connectivity index (χ0v) is 42.8. The Morgan fingerprint density at radius 2 is 1.31 bits per heavy atom. The Morgan fingerprint density at radius 1 is 0.700 bits per heavy atom. The van der Waals surface area contributed by atoms with E-state index in [9.17, 15) is 4.79 Å². The molecule has 3 saturated carbocycles. The standard InChI is InChI=1S/C63H80O7/c1-7-48(43(2)3)29-28-44(4)53-32-33-54-52-31-30-50-38-51(34-36-62(50,5)55(52)35-37-63(53,54)6)68-61-59(70-60(64)49-26-18-11-19-27-49)58(67-41-47-24-16-10-17-25-47)57(66-40-46-22-14-9-15-23-46)56(69-61)42-65-39-45-20-12-8-13-21-45/h8-30,43-44,48,51-59,61H,7,31-42H2,1-6H3/b29-28+/t44-,48-,51+,52?,53?,54?,55?,56?,57-,58?,59?,61-,62+,63-/m1/s1. The summed E-state index contributed by atoms with van der Waals surface area (Å²) in [4.78, 5) is 14.2. The van der Waals surface area contributed by atoms with Gasteiger partial charge in [-0.15, -0.1) is 0 Å². The van der Waals surface area contributed by atoms with Gasteiger partial charge in [-0.25, -0.2) is 4.79 Å². The zero-order valence-electron chi connectivity index (χ0n) is 42.8. The van der Waals surface area contributed by atoms with Crippen molar-refractivity contribution in [2.24, 2.45) is 52.3 Å². The second kappa shape index (κ2) is 23.0. The SMILES string of the molecule is CC[C@H](/C=C/[C@@H](C)C1CCC2C3CC=C4C[C@@H](O[C@@H]5OC(COCc6ccccc6)[C@@H](OCc6ccccc6)C(OCc6ccccc6)C5OC(=O)c5ccccc5)CC[C@]4(C)C3CC[C@@]21C)C(C)C. The van der Waals surface area contributed by atoms with Gasteiger partial charge in [-0.1, -0.05) is 175 Å². The van der Waals surface area contributed by atoms with Crippen molar-refractivity contribution in [1.82, 2.24) is 0 Å². The lowest BCUT2D eigenvalue weighted by Gasteiger charge is -2.58. The number of ether oxygens (including phenoxy) is 6. The Bertz CT molecular complexity index is 2320. The first-order valence-corrected chi connectivity index (χ1v) is 26.9. The molecule has 5 aliphatic rings. The van der Waals surface area contributed by atoms with Gasteiger partial charge in [0, 0.05) is 0 Å². The third kappa shape index (κ3) is 11.3. The van der Waals surface area contributed by atoms with E-state index in [0.29, 0.717) is 47.9 Å². The highest BCUT2D eigenvalue weighted by Crippen LogP contribution is 2.67. The summed E-state index contributed by atoms with van der Waals surface area (Å²) in [7, 11) is 0. The highest BCUT2D eigenvalue weighted by atomic mass is 16.7. The van der Waals surface area contributed by atoms with Crippen LogP contribution >= 0.6 is 0 Å². The maximum Gasteiger partial charge on any atom is 0.338 e. The number of rotatable bonds is 19. The van der Waals surface area contributed by atoms with Crippen molar-refractivity contribution in [3.8, 4) is 0 Å². The van der Waals surface area contributed by atoms with E-state index in [1.807, 2.05) is 97.1 Å². The molecule has 4 aromatic rings. The van der Waals surface area contributed by atoms with Crippen LogP contribution < -0.4 is 0 Å². The average molecular weight is 949 g/mol. The van der Waals surface area contributed by atoms with Crippen LogP contribution in [0.15, 0.2) is 145 Å². The van der Waals surface area contributed by atoms with Gasteiger partial charge in [0.05, 0.1) is 38.1 Å². The molecule has 0 amide bonds. The van der Waals surface area contributed by atoms with Crippen molar-refractivity contribution in [3.63, 3.8) is 0 Å². The monoisotopic (exact) mass is 949 g/mol. The third-order valence-corrected chi connectivity index (χ3v) is 17.9. The summed E-state index contributed by atoms with van der Waals surface area (Å²) in [5.41, 5.74) is 5.60. The molecule has 1 aliphatic heterocycles. The van der Waals surface area contributed by atoms with Gasteiger partial charge in [-0.05, 0) is 139 Å². The summed E-state index contributed by atoms with van der Waals surface area (Å²) >= 11 is 0. The number of allylic oxidation sites excluding steroid dienone is 3. The molecule has 14 atom stereocenters. The number of carbonyl (C=O) groups excluding carboxylic acids is 1. The number of fused-ring (bicyclic) bond motifs is 5. The van der Waals surface area contributed by atoms with Crippen LogP contribution in [0.4, 0.5) is 0 Å². The normalized spacial score (nSPS) is 32.6. The van der Waals surface area contributed by atoms with Gasteiger partial charge in [0.15, 0.2) is 12.4 Å². The second-order valence-corrected chi connectivity index (χ2v) is 22.4. The molecule has 7 heteroatoms. The molecule has 0 N–H and O–H groups in total. The van der Waals surface area contributed by atoms with E-state index in [2.05, 4.69) is 71.9 Å². The van der Waals surface area contributed by atoms with Gasteiger partial charge >= 0.3 is 5.97 Å². The fourth-order valence-electron chi connectivity index (χ4n) is 13.9. The zero-order chi connectivity index (χ0) is 48.7. The molecule has 4 aliphatic carbocycles. The summed E-state index contributed by atoms with van der Waals surface area (Å²) < 4.78 is 41.2. The van der Waals surface area contributed by atoms with Gasteiger partial charge in [-0.3, -0.25) is 0 Å². The third-order valence-electron chi connectivity index (χ3n) is 17.9. The van der Waals surface area contributed by atoms with Gasteiger partial charge in [0.2, 0.25) is 0 Å². The van der Waals surface area contributed by atoms with Gasteiger partial charge in [0.1, 0.15) is 18.3 Å². The fraction of sp³-hybridized carbons (Fsp3) is 0.540. The van der Waals surface area contributed by atoms with Crippen molar-refractivity contribution >= 4 is 5.97 Å². The van der Waals surface area contributed by atoms with Crippen molar-refractivity contribution in [1.29, 1.82) is 0 Å². The van der Waals surface area contributed by atoms with E-state index in [0.717, 1.165) is 60.1 Å². The Morgan fingerprint density at radius 3 is 1.94 bits per heavy atom. The minimum atomic E-state index is -0.942. The molecule has 1 heterocycles. The molecular weight excluding hydrogens is 869 g/mol. The first-order chi connectivity index (χ1) is 34.0. The first-order valence-electron chi connectivity index (χ1n) is 26.9. The van der Waals surface area contributed by atoms with Crippen LogP contribution in [0.2, 0.25) is 0 Å². The number of hydrogen-bond donors (Lipinski definition) is 0. The Balaban J connectivity index is 0.976. The predicted molar refractivity (Wildman–Crippen MR) is 277 cm³/mol. The summed E-state index contributed by atoms with van der Waals surface area (Å²) in [6, 6.07) is 39.6. The minimum absolute atomic E-state index is 0.128. The highest BCUT2D eigenvalue weighted by molar-refractivity contribution is 5.89. The van der Waals surface area contributed by atoms with Crippen LogP contribution in [0.1, 0.15) is 126 Å². The number of esters is 1. The van der Waals surface area contributed by atoms with Crippen LogP contribution in [-0.4, -0.2) is 49.4 Å². The van der Waals surface area contributed by atoms with Gasteiger partial charge in [-0.2, -0.15) is 0 Å². The number of benzene rings is 4. The highest BCUT2D eigenvalue weighted by Gasteiger charge is 2.60. The topological polar surface area (TPSA) is 72.5 Å². The van der Waals surface area contributed by atoms with Crippen LogP contribution in [-0.2, 0) is 48.2 Å². The van der Waals surface area contributed by atoms with Gasteiger partial charge in [0.25, 0.3) is 0 Å². The second-order valence-electron chi connectivity index (χ2n) is 22.4. The Labute approximate surface area is 419 Å². The van der Waals surface area contributed by atoms with Crippen LogP contribution in [0.5, 0.6) is 0 Å². The average Bonchev–Trinajstić information content (AvgIpc) is 3.74. The molecule has 1 saturated heterocycles. The van der Waals surface area contributed by atoms with Crippen molar-refractivity contribution < 1.29 is 33.2 Å². The lowest BCUT2D eigenvalue weighted by atomic mass is 9.47. The van der Waals surface area contributed by atoms with Gasteiger partial charge < -0.3 is 28.4 Å². The van der Waals surface area contributed by atoms with E-state index >= 15 is 0 Å². The Kier molecular flexibility index (Phi) is 16.6. The van der Waals surface area contributed by atoms with Crippen molar-refractivity contribution in [2.45, 2.75) is 156 Å². The molecule has 7 nitrogen and oxygen atoms in total. The maximum atomic E-state index is 14.2. The van der Waals surface area contributed by atoms with Crippen LogP contribution in [0.3, 0.4) is 0 Å². The molecule has 4 fully saturated rings. The summed E-state index contributed by atoms with van der Waals surface area (Å²) in [5, 5.41) is 0. The molecule has 0 aromatic heterocycles. The molecule has 9 rings (SSSR count). The predicted octanol–water partition coefficient (Wildman–Crippen LogP) is 14.2. The molecule has 0 bridgehead atoms. The summed E-state index contributed by atoms with van der Waals surface area (Å²) in [5.74, 6) is 4.41. The van der Waals surface area contributed by atoms with E-state index in [1.165, 1.54) is 37.7 Å². The first kappa shape index (κ1) is 50.6. The molecular formula is C63H80O7. The molecule has 70 heavy (non-hydrogen) atoms. The number of hydrogen-bond acceptors (Lipinski definition) is 7. The smallest absolute Gasteiger partial charge is 0.338 e. The van der Waals surface area contributed by atoms with E-state index in [-0.39, 0.29) is 24.7 Å². The van der Waals surface area contributed by atoms with E-state index < -0.39 is 36.7 Å². The maximum absolute atomic E-state index is 14.2. The molecule has 374 valence electrons. The molecule has 0 radical (unpaired) electrons. The summed E-state index contributed by atoms with van der Waals surface area (Å²) in [6.07, 6.45) is 14.2. The van der Waals surface area contributed by atoms with Crippen molar-refractivity contribution in [2.75, 3.05) is 6.61 Å². The quantitative estimate of drug-likeness (QED) is 0.0685. The largest absolute Gasteiger partial charge is 0.450 e.